The summed E-state index contributed by atoms with van der Waals surface area (Å²) in [5, 5.41) is 0.519. The van der Waals surface area contributed by atoms with Crippen LogP contribution in [-0.4, -0.2) is 30.5 Å². The molecule has 0 fully saturated rings. The van der Waals surface area contributed by atoms with Crippen molar-refractivity contribution in [3.05, 3.63) is 149 Å². The Hall–Kier alpha value is -5.93. The number of esters is 4. The fourth-order valence-corrected chi connectivity index (χ4v) is 6.82. The van der Waals surface area contributed by atoms with Gasteiger partial charge in [-0.1, -0.05) is 121 Å². The van der Waals surface area contributed by atoms with Gasteiger partial charge in [-0.05, 0) is 122 Å². The number of benzene rings is 5. The number of unbranched alkanes of at least 4 members (excludes halogenated alkanes) is 15. The van der Waals surface area contributed by atoms with E-state index >= 15 is 0 Å². The summed E-state index contributed by atoms with van der Waals surface area (Å²) in [5.74, 6) is -0.879. The van der Waals surface area contributed by atoms with E-state index in [2.05, 4.69) is 6.92 Å². The molecule has 10 heteroatoms. The number of rotatable bonds is 26. The molecule has 0 amide bonds. The van der Waals surface area contributed by atoms with E-state index in [1.54, 1.807) is 54.6 Å². The highest BCUT2D eigenvalue weighted by Crippen LogP contribution is 2.23. The molecule has 0 N–H and O–H groups in total. The highest BCUT2D eigenvalue weighted by Gasteiger charge is 2.16. The second-order valence-corrected chi connectivity index (χ2v) is 15.7. The second kappa shape index (κ2) is 26.4. The van der Waals surface area contributed by atoms with Crippen molar-refractivity contribution in [2.45, 2.75) is 110 Å². The van der Waals surface area contributed by atoms with Crippen LogP contribution in [0.1, 0.15) is 151 Å². The molecular formula is C52H57ClO9. The van der Waals surface area contributed by atoms with Crippen LogP contribution in [0.3, 0.4) is 0 Å². The Balaban J connectivity index is 0.953. The maximum Gasteiger partial charge on any atom is 0.343 e. The van der Waals surface area contributed by atoms with E-state index in [4.69, 9.17) is 35.3 Å². The maximum atomic E-state index is 12.9. The van der Waals surface area contributed by atoms with Gasteiger partial charge in [0.2, 0.25) is 0 Å². The largest absolute Gasteiger partial charge is 0.494 e. The molecular weight excluding hydrogens is 804 g/mol. The summed E-state index contributed by atoms with van der Waals surface area (Å²) in [6, 6.07) is 31.1. The first-order valence-electron chi connectivity index (χ1n) is 21.9. The Bertz CT molecular complexity index is 2130. The second-order valence-electron chi connectivity index (χ2n) is 15.3. The van der Waals surface area contributed by atoms with Crippen molar-refractivity contribution >= 4 is 35.5 Å². The monoisotopic (exact) mass is 860 g/mol. The SMILES string of the molecule is CCCCCCCCCCCCCCCCCCOc1ccc(C(=O)Oc2ccc(C(=O)Oc3cccc(C(=O)Oc4ccc(C(=O)Oc5ccc(Cl)cc5)cc4)c3)cc2)cc1. The average molecular weight is 861 g/mol. The number of hydrogen-bond acceptors (Lipinski definition) is 9. The highest BCUT2D eigenvalue weighted by atomic mass is 35.5. The van der Waals surface area contributed by atoms with Crippen molar-refractivity contribution in [3.63, 3.8) is 0 Å². The van der Waals surface area contributed by atoms with Gasteiger partial charge in [-0.25, -0.2) is 19.2 Å². The third-order valence-corrected chi connectivity index (χ3v) is 10.5. The molecule has 5 rings (SSSR count). The molecule has 0 spiro atoms. The normalized spacial score (nSPS) is 10.8. The van der Waals surface area contributed by atoms with Crippen molar-refractivity contribution in [3.8, 4) is 28.7 Å². The van der Waals surface area contributed by atoms with Gasteiger partial charge in [-0.15, -0.1) is 0 Å². The summed E-state index contributed by atoms with van der Waals surface area (Å²) in [5.41, 5.74) is 0.969. The van der Waals surface area contributed by atoms with Gasteiger partial charge in [-0.3, -0.25) is 0 Å². The zero-order chi connectivity index (χ0) is 43.8. The molecule has 9 nitrogen and oxygen atoms in total. The minimum absolute atomic E-state index is 0.123. The molecule has 62 heavy (non-hydrogen) atoms. The summed E-state index contributed by atoms with van der Waals surface area (Å²) in [4.78, 5) is 51.1. The van der Waals surface area contributed by atoms with Gasteiger partial charge in [0.25, 0.3) is 0 Å². The topological polar surface area (TPSA) is 114 Å². The Kier molecular flexibility index (Phi) is 20.1. The molecule has 0 unspecified atom stereocenters. The lowest BCUT2D eigenvalue weighted by Gasteiger charge is -2.09. The van der Waals surface area contributed by atoms with E-state index in [0.717, 1.165) is 12.8 Å². The third kappa shape index (κ3) is 16.8. The molecule has 0 aliphatic heterocycles. The molecule has 5 aromatic rings. The highest BCUT2D eigenvalue weighted by molar-refractivity contribution is 6.30. The van der Waals surface area contributed by atoms with Crippen LogP contribution in [-0.2, 0) is 0 Å². The molecule has 326 valence electrons. The number of carbonyl (C=O) groups is 4. The van der Waals surface area contributed by atoms with Gasteiger partial charge in [-0.2, -0.15) is 0 Å². The molecule has 0 aliphatic rings. The van der Waals surface area contributed by atoms with E-state index in [1.165, 1.54) is 157 Å². The van der Waals surface area contributed by atoms with Gasteiger partial charge >= 0.3 is 23.9 Å². The molecule has 0 saturated heterocycles. The Morgan fingerprint density at radius 3 is 1.13 bits per heavy atom. The van der Waals surface area contributed by atoms with Crippen LogP contribution in [0.5, 0.6) is 28.7 Å². The van der Waals surface area contributed by atoms with E-state index in [9.17, 15) is 19.2 Å². The molecule has 0 saturated carbocycles. The molecule has 0 atom stereocenters. The zero-order valence-corrected chi connectivity index (χ0v) is 36.4. The minimum Gasteiger partial charge on any atom is -0.494 e. The van der Waals surface area contributed by atoms with Crippen LogP contribution in [0.15, 0.2) is 121 Å². The third-order valence-electron chi connectivity index (χ3n) is 10.3. The zero-order valence-electron chi connectivity index (χ0n) is 35.6. The summed E-state index contributed by atoms with van der Waals surface area (Å²) in [6.45, 7) is 2.91. The van der Waals surface area contributed by atoms with Crippen molar-refractivity contribution in [2.75, 3.05) is 6.61 Å². The van der Waals surface area contributed by atoms with E-state index < -0.39 is 23.9 Å². The van der Waals surface area contributed by atoms with Gasteiger partial charge < -0.3 is 23.7 Å². The number of hydrogen-bond donors (Lipinski definition) is 0. The van der Waals surface area contributed by atoms with Crippen molar-refractivity contribution in [1.29, 1.82) is 0 Å². The van der Waals surface area contributed by atoms with Crippen LogP contribution in [0, 0.1) is 0 Å². The minimum atomic E-state index is -0.696. The van der Waals surface area contributed by atoms with Gasteiger partial charge in [0.05, 0.1) is 28.9 Å². The fraction of sp³-hybridized carbons (Fsp3) is 0.346. The summed E-state index contributed by atoms with van der Waals surface area (Å²) in [6.07, 6.45) is 21.2. The lowest BCUT2D eigenvalue weighted by Crippen LogP contribution is -2.12. The molecule has 0 radical (unpaired) electrons. The summed E-state index contributed by atoms with van der Waals surface area (Å²) < 4.78 is 27.7. The smallest absolute Gasteiger partial charge is 0.343 e. The number of ether oxygens (including phenoxy) is 5. The predicted octanol–water partition coefficient (Wildman–Crippen LogP) is 13.9. The Morgan fingerprint density at radius 1 is 0.371 bits per heavy atom. The van der Waals surface area contributed by atoms with Crippen LogP contribution < -0.4 is 23.7 Å². The Morgan fingerprint density at radius 2 is 0.710 bits per heavy atom. The lowest BCUT2D eigenvalue weighted by atomic mass is 10.0. The van der Waals surface area contributed by atoms with Crippen LogP contribution >= 0.6 is 11.6 Å². The molecule has 5 aromatic carbocycles. The predicted molar refractivity (Wildman–Crippen MR) is 242 cm³/mol. The van der Waals surface area contributed by atoms with Crippen LogP contribution in [0.25, 0.3) is 0 Å². The molecule has 0 bridgehead atoms. The van der Waals surface area contributed by atoms with Crippen molar-refractivity contribution in [1.82, 2.24) is 0 Å². The summed E-state index contributed by atoms with van der Waals surface area (Å²) in [7, 11) is 0. The fourth-order valence-electron chi connectivity index (χ4n) is 6.70. The van der Waals surface area contributed by atoms with Crippen LogP contribution in [0.4, 0.5) is 0 Å². The molecule has 0 heterocycles. The van der Waals surface area contributed by atoms with Gasteiger partial charge in [0.1, 0.15) is 28.7 Å². The first-order chi connectivity index (χ1) is 30.3. The Labute approximate surface area is 370 Å². The molecule has 0 aromatic heterocycles. The van der Waals surface area contributed by atoms with Crippen molar-refractivity contribution in [2.24, 2.45) is 0 Å². The molecule has 0 aliphatic carbocycles. The quantitative estimate of drug-likeness (QED) is 0.0304. The lowest BCUT2D eigenvalue weighted by molar-refractivity contribution is 0.0712. The van der Waals surface area contributed by atoms with E-state index in [-0.39, 0.29) is 33.9 Å². The van der Waals surface area contributed by atoms with Crippen molar-refractivity contribution < 1.29 is 42.9 Å². The van der Waals surface area contributed by atoms with Gasteiger partial charge in [0, 0.05) is 5.02 Å². The average Bonchev–Trinajstić information content (AvgIpc) is 3.29. The van der Waals surface area contributed by atoms with E-state index in [1.807, 2.05) is 0 Å². The summed E-state index contributed by atoms with van der Waals surface area (Å²) >= 11 is 5.88. The van der Waals surface area contributed by atoms with Gasteiger partial charge in [0.15, 0.2) is 0 Å². The van der Waals surface area contributed by atoms with Crippen LogP contribution in [0.2, 0.25) is 5.02 Å². The standard InChI is InChI=1S/C52H57ClO9/c1-2-3-4-5-6-7-8-9-10-11-12-13-14-15-16-17-37-58-44-29-21-39(22-30-44)49(54)59-45-31-25-41(26-32-45)51(56)62-48-20-18-19-42(38-48)52(57)61-46-33-23-40(24-34-46)50(55)60-47-35-27-43(53)28-36-47/h18-36,38H,2-17,37H2,1H3. The maximum absolute atomic E-state index is 12.9. The first-order valence-corrected chi connectivity index (χ1v) is 22.3. The number of carbonyl (C=O) groups excluding carboxylic acids is 4. The first kappa shape index (κ1) is 47.1. The number of halogens is 1. The van der Waals surface area contributed by atoms with E-state index in [0.29, 0.717) is 28.7 Å².